The highest BCUT2D eigenvalue weighted by Gasteiger charge is 2.41. The summed E-state index contributed by atoms with van der Waals surface area (Å²) in [5.74, 6) is 1.84. The number of hydrogen-bond acceptors (Lipinski definition) is 6. The van der Waals surface area contributed by atoms with Crippen molar-refractivity contribution in [3.05, 3.63) is 157 Å². The van der Waals surface area contributed by atoms with Gasteiger partial charge in [-0.05, 0) is 82.5 Å². The molecule has 272 valence electrons. The number of phenols is 1. The number of amidine groups is 1. The lowest BCUT2D eigenvalue weighted by molar-refractivity contribution is 0.405. The van der Waals surface area contributed by atoms with Crippen LogP contribution in [0.5, 0.6) is 17.5 Å². The van der Waals surface area contributed by atoms with E-state index >= 15 is 0 Å². The maximum absolute atomic E-state index is 11.0. The first kappa shape index (κ1) is 34.5. The number of aliphatic imine (C=N–C) groups is 1. The van der Waals surface area contributed by atoms with E-state index in [4.69, 9.17) is 14.7 Å². The molecular weight excluding hydrogens is 677 g/mol. The number of fused-ring (bicyclic) bond motifs is 2. The first-order valence-electron chi connectivity index (χ1n) is 19.3. The lowest BCUT2D eigenvalue weighted by atomic mass is 9.86. The van der Waals surface area contributed by atoms with Gasteiger partial charge in [0.2, 0.25) is 11.8 Å². The molecule has 2 aliphatic rings. The third-order valence-corrected chi connectivity index (χ3v) is 11.0. The molecule has 1 aliphatic carbocycles. The van der Waals surface area contributed by atoms with Crippen LogP contribution in [0.15, 0.2) is 151 Å². The standard InChI is InChI=1S/C49H44N4O2/c1-49(2,3)38-27-35-23-24-44(52-46(35)43(54)31-38)55-45-30-36(25-26-50-45)48-51-41-21-13-14-22-42(41)53(48)47-39(33-17-9-5-10-18-33)28-37(32-15-7-4-8-16-32)29-40(47)34-19-11-6-12-20-34/h4-12,15-20,23-31,41-42,54H,13-14,21-22H2,1-3H3/t41-,42?/m0/s1. The number of pyridine rings is 2. The maximum atomic E-state index is 11.0. The fourth-order valence-corrected chi connectivity index (χ4v) is 8.17. The molecule has 2 atom stereocenters. The van der Waals surface area contributed by atoms with Crippen molar-refractivity contribution in [1.82, 2.24) is 9.97 Å². The smallest absolute Gasteiger partial charge is 0.221 e. The third kappa shape index (κ3) is 6.74. The van der Waals surface area contributed by atoms with Crippen molar-refractivity contribution in [2.75, 3.05) is 4.90 Å². The number of rotatable bonds is 7. The van der Waals surface area contributed by atoms with Crippen LogP contribution in [0.4, 0.5) is 5.69 Å². The number of benzene rings is 5. The molecule has 7 aromatic rings. The maximum Gasteiger partial charge on any atom is 0.221 e. The average Bonchev–Trinajstić information content (AvgIpc) is 3.61. The monoisotopic (exact) mass is 720 g/mol. The van der Waals surface area contributed by atoms with Crippen LogP contribution in [-0.4, -0.2) is 33.0 Å². The summed E-state index contributed by atoms with van der Waals surface area (Å²) in [5, 5.41) is 11.8. The van der Waals surface area contributed by atoms with Gasteiger partial charge in [-0.2, -0.15) is 0 Å². The average molecular weight is 721 g/mol. The summed E-state index contributed by atoms with van der Waals surface area (Å²) in [6, 6.07) is 48.9. The number of aromatic hydroxyl groups is 1. The topological polar surface area (TPSA) is 70.8 Å². The SMILES string of the molecule is CC(C)(C)c1cc(O)c2nc(Oc3cc(C4=N[C@H]5CCCCC5N4c4c(-c5ccccc5)cc(-c5ccccc5)cc4-c4ccccc4)ccn3)ccc2c1. The van der Waals surface area contributed by atoms with Crippen molar-refractivity contribution >= 4 is 22.4 Å². The molecule has 3 heterocycles. The first-order valence-corrected chi connectivity index (χ1v) is 19.3. The van der Waals surface area contributed by atoms with Gasteiger partial charge < -0.3 is 14.7 Å². The highest BCUT2D eigenvalue weighted by atomic mass is 16.5. The minimum absolute atomic E-state index is 0.104. The van der Waals surface area contributed by atoms with Gasteiger partial charge in [0.1, 0.15) is 17.1 Å². The van der Waals surface area contributed by atoms with E-state index in [2.05, 4.69) is 140 Å². The molecule has 0 amide bonds. The summed E-state index contributed by atoms with van der Waals surface area (Å²) < 4.78 is 6.34. The second-order valence-electron chi connectivity index (χ2n) is 15.7. The van der Waals surface area contributed by atoms with Gasteiger partial charge in [0.05, 0.1) is 17.8 Å². The van der Waals surface area contributed by atoms with Gasteiger partial charge >= 0.3 is 0 Å². The van der Waals surface area contributed by atoms with Crippen LogP contribution in [0, 0.1) is 0 Å². The number of ether oxygens (including phenoxy) is 1. The van der Waals surface area contributed by atoms with Gasteiger partial charge in [0.15, 0.2) is 0 Å². The molecule has 0 bridgehead atoms. The molecule has 0 spiro atoms. The van der Waals surface area contributed by atoms with Crippen LogP contribution in [-0.2, 0) is 5.41 Å². The van der Waals surface area contributed by atoms with Crippen molar-refractivity contribution in [2.24, 2.45) is 4.99 Å². The summed E-state index contributed by atoms with van der Waals surface area (Å²) in [6.07, 6.45) is 6.21. The van der Waals surface area contributed by atoms with Crippen LogP contribution in [0.2, 0.25) is 0 Å². The highest BCUT2D eigenvalue weighted by Crippen LogP contribution is 2.48. The summed E-state index contributed by atoms with van der Waals surface area (Å²) in [7, 11) is 0. The van der Waals surface area contributed by atoms with Gasteiger partial charge in [0, 0.05) is 40.4 Å². The van der Waals surface area contributed by atoms with Gasteiger partial charge in [-0.15, -0.1) is 0 Å². The molecule has 9 rings (SSSR count). The third-order valence-electron chi connectivity index (χ3n) is 11.0. The molecule has 0 radical (unpaired) electrons. The van der Waals surface area contributed by atoms with Crippen LogP contribution in [0.25, 0.3) is 44.3 Å². The van der Waals surface area contributed by atoms with E-state index < -0.39 is 0 Å². The molecule has 1 saturated carbocycles. The largest absolute Gasteiger partial charge is 0.506 e. The Morgan fingerprint density at radius 2 is 1.27 bits per heavy atom. The molecular formula is C49H44N4O2. The van der Waals surface area contributed by atoms with Crippen molar-refractivity contribution in [3.63, 3.8) is 0 Å². The lowest BCUT2D eigenvalue weighted by Gasteiger charge is -2.36. The minimum atomic E-state index is -0.104. The molecule has 1 N–H and O–H groups in total. The number of hydrogen-bond donors (Lipinski definition) is 1. The van der Waals surface area contributed by atoms with E-state index in [1.165, 1.54) is 22.3 Å². The van der Waals surface area contributed by atoms with Crippen LogP contribution < -0.4 is 9.64 Å². The zero-order valence-electron chi connectivity index (χ0n) is 31.5. The highest BCUT2D eigenvalue weighted by molar-refractivity contribution is 6.16. The Kier molecular flexibility index (Phi) is 8.89. The Morgan fingerprint density at radius 3 is 1.93 bits per heavy atom. The summed E-state index contributed by atoms with van der Waals surface area (Å²) in [4.78, 5) is 17.4. The van der Waals surface area contributed by atoms with Crippen molar-refractivity contribution in [3.8, 4) is 50.9 Å². The van der Waals surface area contributed by atoms with Crippen molar-refractivity contribution in [1.29, 1.82) is 0 Å². The van der Waals surface area contributed by atoms with Gasteiger partial charge in [-0.3, -0.25) is 4.99 Å². The number of phenolic OH excluding ortho intramolecular Hbond substituents is 1. The molecule has 6 nitrogen and oxygen atoms in total. The zero-order chi connectivity index (χ0) is 37.5. The lowest BCUT2D eigenvalue weighted by Crippen LogP contribution is -2.42. The fourth-order valence-electron chi connectivity index (χ4n) is 8.17. The second-order valence-corrected chi connectivity index (χ2v) is 15.7. The molecule has 5 aromatic carbocycles. The molecule has 0 saturated heterocycles. The van der Waals surface area contributed by atoms with Crippen LogP contribution in [0.1, 0.15) is 57.6 Å². The quantitative estimate of drug-likeness (QED) is 0.177. The molecule has 1 unspecified atom stereocenters. The van der Waals surface area contributed by atoms with Crippen LogP contribution >= 0.6 is 0 Å². The zero-order valence-corrected chi connectivity index (χ0v) is 31.5. The molecule has 6 heteroatoms. The van der Waals surface area contributed by atoms with Crippen molar-refractivity contribution in [2.45, 2.75) is 64.0 Å². The normalized spacial score (nSPS) is 16.9. The van der Waals surface area contributed by atoms with E-state index in [0.717, 1.165) is 64.8 Å². The van der Waals surface area contributed by atoms with Gasteiger partial charge in [-0.25, -0.2) is 9.97 Å². The van der Waals surface area contributed by atoms with E-state index in [1.807, 2.05) is 24.3 Å². The van der Waals surface area contributed by atoms with E-state index in [1.54, 1.807) is 12.3 Å². The predicted molar refractivity (Wildman–Crippen MR) is 224 cm³/mol. The Morgan fingerprint density at radius 1 is 0.636 bits per heavy atom. The second kappa shape index (κ2) is 14.2. The Labute approximate surface area is 322 Å². The number of aromatic nitrogens is 2. The molecule has 1 fully saturated rings. The molecule has 1 aliphatic heterocycles. The first-order chi connectivity index (χ1) is 26.8. The minimum Gasteiger partial charge on any atom is -0.506 e. The van der Waals surface area contributed by atoms with Crippen LogP contribution in [0.3, 0.4) is 0 Å². The van der Waals surface area contributed by atoms with E-state index in [-0.39, 0.29) is 23.2 Å². The summed E-state index contributed by atoms with van der Waals surface area (Å²) in [6.45, 7) is 6.39. The predicted octanol–water partition coefficient (Wildman–Crippen LogP) is 12.0. The Hall–Kier alpha value is -6.27. The fraction of sp³-hybridized carbons (Fsp3) is 0.204. The summed E-state index contributed by atoms with van der Waals surface area (Å²) in [5.41, 5.74) is 10.5. The number of nitrogens with zero attached hydrogens (tertiary/aromatic N) is 4. The van der Waals surface area contributed by atoms with Crippen molar-refractivity contribution < 1.29 is 9.84 Å². The van der Waals surface area contributed by atoms with Gasteiger partial charge in [0.25, 0.3) is 0 Å². The van der Waals surface area contributed by atoms with E-state index in [0.29, 0.717) is 17.3 Å². The number of anilines is 1. The Bertz CT molecular complexity index is 2470. The molecule has 55 heavy (non-hydrogen) atoms. The van der Waals surface area contributed by atoms with E-state index in [9.17, 15) is 5.11 Å². The van der Waals surface area contributed by atoms with Gasteiger partial charge in [-0.1, -0.05) is 125 Å². The Balaban J connectivity index is 1.18. The summed E-state index contributed by atoms with van der Waals surface area (Å²) >= 11 is 0. The molecule has 2 aromatic heterocycles.